The van der Waals surface area contributed by atoms with E-state index in [0.717, 1.165) is 49.9 Å². The molecule has 26 heavy (non-hydrogen) atoms. The van der Waals surface area contributed by atoms with Gasteiger partial charge in [0.15, 0.2) is 0 Å². The third-order valence-corrected chi connectivity index (χ3v) is 4.39. The highest BCUT2D eigenvalue weighted by Gasteiger charge is 2.24. The Bertz CT molecular complexity index is 670. The molecule has 0 spiro atoms. The van der Waals surface area contributed by atoms with Gasteiger partial charge in [-0.25, -0.2) is 0 Å². The van der Waals surface area contributed by atoms with E-state index in [1.165, 1.54) is 0 Å². The van der Waals surface area contributed by atoms with Crippen LogP contribution in [-0.2, 0) is 11.3 Å². The molecule has 1 unspecified atom stereocenters. The zero-order valence-corrected chi connectivity index (χ0v) is 14.8. The van der Waals surface area contributed by atoms with Gasteiger partial charge in [0.2, 0.25) is 0 Å². The molecule has 1 saturated heterocycles. The van der Waals surface area contributed by atoms with Gasteiger partial charge in [0.05, 0.1) is 19.3 Å². The molecule has 142 valence electrons. The number of furan rings is 1. The summed E-state index contributed by atoms with van der Waals surface area (Å²) in [5.41, 5.74) is 1.00. The second-order valence-electron chi connectivity index (χ2n) is 6.27. The summed E-state index contributed by atoms with van der Waals surface area (Å²) in [6.45, 7) is 3.68. The third kappa shape index (κ3) is 5.27. The van der Waals surface area contributed by atoms with E-state index in [1.54, 1.807) is 24.3 Å². The van der Waals surface area contributed by atoms with Crippen molar-refractivity contribution >= 4 is 0 Å². The molecule has 0 bridgehead atoms. The van der Waals surface area contributed by atoms with Crippen LogP contribution in [0.1, 0.15) is 23.1 Å². The first-order valence-electron chi connectivity index (χ1n) is 8.74. The van der Waals surface area contributed by atoms with Crippen molar-refractivity contribution in [3.8, 4) is 5.75 Å². The van der Waals surface area contributed by atoms with Crippen molar-refractivity contribution in [3.63, 3.8) is 0 Å². The fourth-order valence-corrected chi connectivity index (χ4v) is 3.07. The Labute approximate surface area is 151 Å². The third-order valence-electron chi connectivity index (χ3n) is 4.39. The number of morpholine rings is 1. The number of alkyl halides is 2. The van der Waals surface area contributed by atoms with Crippen LogP contribution < -0.4 is 10.1 Å². The van der Waals surface area contributed by atoms with Crippen LogP contribution in [0.2, 0.25) is 0 Å². The second kappa shape index (κ2) is 9.12. The Kier molecular flexibility index (Phi) is 6.60. The van der Waals surface area contributed by atoms with E-state index in [2.05, 4.69) is 15.0 Å². The average Bonchev–Trinajstić information content (AvgIpc) is 3.06. The van der Waals surface area contributed by atoms with Crippen molar-refractivity contribution in [3.05, 3.63) is 53.5 Å². The number of nitrogens with zero attached hydrogens (tertiary/aromatic N) is 1. The molecular formula is C19H24F2N2O3. The highest BCUT2D eigenvalue weighted by Crippen LogP contribution is 2.23. The Morgan fingerprint density at radius 1 is 1.12 bits per heavy atom. The number of aryl methyl sites for hydroxylation is 1. The average molecular weight is 366 g/mol. The minimum atomic E-state index is -2.80. The van der Waals surface area contributed by atoms with Crippen molar-refractivity contribution in [1.29, 1.82) is 0 Å². The standard InChI is InChI=1S/C19H24F2N2O3/c1-14-2-7-18(25-14)17(23-8-10-24-11-9-23)13-22-12-15-3-5-16(6-4-15)26-19(20)21/h2-7,17,19,22H,8-13H2,1H3. The highest BCUT2D eigenvalue weighted by molar-refractivity contribution is 5.27. The van der Waals surface area contributed by atoms with Gasteiger partial charge in [-0.3, -0.25) is 4.90 Å². The summed E-state index contributed by atoms with van der Waals surface area (Å²) in [7, 11) is 0. The van der Waals surface area contributed by atoms with E-state index in [-0.39, 0.29) is 11.8 Å². The molecule has 1 aromatic carbocycles. The van der Waals surface area contributed by atoms with Gasteiger partial charge in [0.1, 0.15) is 17.3 Å². The van der Waals surface area contributed by atoms with Crippen molar-refractivity contribution in [2.45, 2.75) is 26.1 Å². The van der Waals surface area contributed by atoms with Crippen molar-refractivity contribution in [1.82, 2.24) is 10.2 Å². The number of halogens is 2. The fraction of sp³-hybridized carbons (Fsp3) is 0.474. The first-order chi connectivity index (χ1) is 12.6. The summed E-state index contributed by atoms with van der Waals surface area (Å²) >= 11 is 0. The maximum atomic E-state index is 12.2. The van der Waals surface area contributed by atoms with Crippen molar-refractivity contribution in [2.75, 3.05) is 32.8 Å². The van der Waals surface area contributed by atoms with E-state index in [9.17, 15) is 8.78 Å². The van der Waals surface area contributed by atoms with Gasteiger partial charge in [-0.15, -0.1) is 0 Å². The SMILES string of the molecule is Cc1ccc(C(CNCc2ccc(OC(F)F)cc2)N2CCOCC2)o1. The van der Waals surface area contributed by atoms with E-state index < -0.39 is 6.61 Å². The molecule has 1 N–H and O–H groups in total. The predicted octanol–water partition coefficient (Wildman–Crippen LogP) is 3.35. The molecule has 2 heterocycles. The molecule has 0 aliphatic carbocycles. The molecule has 0 radical (unpaired) electrons. The largest absolute Gasteiger partial charge is 0.465 e. The maximum Gasteiger partial charge on any atom is 0.387 e. The van der Waals surface area contributed by atoms with Gasteiger partial charge in [0, 0.05) is 26.2 Å². The number of nitrogens with one attached hydrogen (secondary N) is 1. The number of hydrogen-bond donors (Lipinski definition) is 1. The zero-order valence-electron chi connectivity index (χ0n) is 14.8. The van der Waals surface area contributed by atoms with Gasteiger partial charge in [0.25, 0.3) is 0 Å². The minimum absolute atomic E-state index is 0.133. The molecular weight excluding hydrogens is 342 g/mol. The fourth-order valence-electron chi connectivity index (χ4n) is 3.07. The van der Waals surface area contributed by atoms with Crippen LogP contribution >= 0.6 is 0 Å². The first kappa shape index (κ1) is 18.8. The molecule has 7 heteroatoms. The van der Waals surface area contributed by atoms with Crippen LogP contribution in [-0.4, -0.2) is 44.4 Å². The Hall–Kier alpha value is -1.96. The lowest BCUT2D eigenvalue weighted by molar-refractivity contribution is -0.0498. The highest BCUT2D eigenvalue weighted by atomic mass is 19.3. The van der Waals surface area contributed by atoms with Gasteiger partial charge in [-0.2, -0.15) is 8.78 Å². The maximum absolute atomic E-state index is 12.2. The van der Waals surface area contributed by atoms with Gasteiger partial charge in [-0.1, -0.05) is 12.1 Å². The van der Waals surface area contributed by atoms with Gasteiger partial charge < -0.3 is 19.2 Å². The summed E-state index contributed by atoms with van der Waals surface area (Å²) in [4.78, 5) is 2.36. The van der Waals surface area contributed by atoms with Crippen LogP contribution in [0.4, 0.5) is 8.78 Å². The molecule has 3 rings (SSSR count). The lowest BCUT2D eigenvalue weighted by Crippen LogP contribution is -2.42. The minimum Gasteiger partial charge on any atom is -0.465 e. The number of ether oxygens (including phenoxy) is 2. The van der Waals surface area contributed by atoms with Crippen LogP contribution in [0.3, 0.4) is 0 Å². The van der Waals surface area contributed by atoms with Crippen molar-refractivity contribution in [2.24, 2.45) is 0 Å². The summed E-state index contributed by atoms with van der Waals surface area (Å²) < 4.78 is 40.0. The number of benzene rings is 1. The molecule has 0 amide bonds. The molecule has 5 nitrogen and oxygen atoms in total. The Balaban J connectivity index is 1.57. The van der Waals surface area contributed by atoms with E-state index >= 15 is 0 Å². The molecule has 1 aliphatic heterocycles. The molecule has 1 atom stereocenters. The lowest BCUT2D eigenvalue weighted by Gasteiger charge is -2.33. The van der Waals surface area contributed by atoms with Crippen molar-refractivity contribution < 1.29 is 22.7 Å². The molecule has 0 saturated carbocycles. The molecule has 1 aliphatic rings. The Morgan fingerprint density at radius 3 is 2.46 bits per heavy atom. The molecule has 2 aromatic rings. The van der Waals surface area contributed by atoms with E-state index in [1.807, 2.05) is 19.1 Å². The summed E-state index contributed by atoms with van der Waals surface area (Å²) in [6, 6.07) is 10.8. The summed E-state index contributed by atoms with van der Waals surface area (Å²) in [6.07, 6.45) is 0. The second-order valence-corrected chi connectivity index (χ2v) is 6.27. The van der Waals surface area contributed by atoms with Crippen LogP contribution in [0.25, 0.3) is 0 Å². The molecule has 1 aromatic heterocycles. The quantitative estimate of drug-likeness (QED) is 0.776. The predicted molar refractivity (Wildman–Crippen MR) is 93.4 cm³/mol. The topological polar surface area (TPSA) is 46.9 Å². The summed E-state index contributed by atoms with van der Waals surface area (Å²) in [5, 5.41) is 3.44. The summed E-state index contributed by atoms with van der Waals surface area (Å²) in [5.74, 6) is 2.01. The monoisotopic (exact) mass is 366 g/mol. The Morgan fingerprint density at radius 2 is 1.85 bits per heavy atom. The smallest absolute Gasteiger partial charge is 0.387 e. The van der Waals surface area contributed by atoms with E-state index in [0.29, 0.717) is 6.54 Å². The molecule has 1 fully saturated rings. The lowest BCUT2D eigenvalue weighted by atomic mass is 10.1. The van der Waals surface area contributed by atoms with Gasteiger partial charge >= 0.3 is 6.61 Å². The first-order valence-corrected chi connectivity index (χ1v) is 8.74. The van der Waals surface area contributed by atoms with E-state index in [4.69, 9.17) is 9.15 Å². The normalized spacial score (nSPS) is 16.8. The number of hydrogen-bond acceptors (Lipinski definition) is 5. The van der Waals surface area contributed by atoms with Crippen LogP contribution in [0, 0.1) is 6.92 Å². The zero-order chi connectivity index (χ0) is 18.4. The van der Waals surface area contributed by atoms with Crippen LogP contribution in [0.5, 0.6) is 5.75 Å². The van der Waals surface area contributed by atoms with Gasteiger partial charge in [-0.05, 0) is 36.8 Å². The number of rotatable bonds is 8. The van der Waals surface area contributed by atoms with Crippen LogP contribution in [0.15, 0.2) is 40.8 Å².